The second-order valence-corrected chi connectivity index (χ2v) is 8.41. The van der Waals surface area contributed by atoms with Gasteiger partial charge in [0, 0.05) is 51.8 Å². The van der Waals surface area contributed by atoms with Crippen molar-refractivity contribution >= 4 is 11.6 Å². The lowest BCUT2D eigenvalue weighted by atomic mass is 9.74. The first-order chi connectivity index (χ1) is 12.9. The number of nitrogens with zero attached hydrogens (tertiary/aromatic N) is 2. The summed E-state index contributed by atoms with van der Waals surface area (Å²) >= 11 is 0. The molecular formula is C21H26N2O4. The molecule has 0 spiro atoms. The quantitative estimate of drug-likeness (QED) is 0.601. The molecule has 0 aromatic heterocycles. The van der Waals surface area contributed by atoms with E-state index in [1.54, 1.807) is 6.20 Å². The second-order valence-electron chi connectivity index (χ2n) is 8.41. The van der Waals surface area contributed by atoms with Crippen LogP contribution < -0.4 is 9.47 Å². The van der Waals surface area contributed by atoms with Gasteiger partial charge in [-0.2, -0.15) is 0 Å². The number of allylic oxidation sites excluding steroid dienone is 1. The Kier molecular flexibility index (Phi) is 4.68. The number of piperazine rings is 1. The number of ether oxygens (including phenoxy) is 2. The van der Waals surface area contributed by atoms with E-state index in [0.29, 0.717) is 25.2 Å². The molecule has 3 aliphatic rings. The van der Waals surface area contributed by atoms with Crippen LogP contribution in [-0.4, -0.2) is 54.3 Å². The minimum absolute atomic E-state index is 0.0148. The van der Waals surface area contributed by atoms with E-state index in [-0.39, 0.29) is 17.0 Å². The van der Waals surface area contributed by atoms with Gasteiger partial charge in [-0.1, -0.05) is 19.9 Å². The standard InChI is InChI=1S/C21H26N2O4/c1-21(2)10-17(24)16(18(25)11-21)13-23-7-5-22(6-8-23)12-15-3-4-19-20(9-15)27-14-26-19/h3-4,9,13H,5-8,10-12,14H2,1-2H3. The van der Waals surface area contributed by atoms with Gasteiger partial charge in [0.15, 0.2) is 23.1 Å². The van der Waals surface area contributed by atoms with E-state index >= 15 is 0 Å². The van der Waals surface area contributed by atoms with Crippen LogP contribution in [0.15, 0.2) is 30.0 Å². The molecule has 2 heterocycles. The molecule has 0 N–H and O–H groups in total. The summed E-state index contributed by atoms with van der Waals surface area (Å²) in [5.41, 5.74) is 1.37. The van der Waals surface area contributed by atoms with Crippen LogP contribution in [-0.2, 0) is 16.1 Å². The summed E-state index contributed by atoms with van der Waals surface area (Å²) in [7, 11) is 0. The summed E-state index contributed by atoms with van der Waals surface area (Å²) in [5.74, 6) is 1.59. The molecule has 2 fully saturated rings. The van der Waals surface area contributed by atoms with Crippen molar-refractivity contribution in [2.45, 2.75) is 33.2 Å². The molecule has 0 unspecified atom stereocenters. The first-order valence-corrected chi connectivity index (χ1v) is 9.53. The molecule has 144 valence electrons. The predicted molar refractivity (Wildman–Crippen MR) is 101 cm³/mol. The van der Waals surface area contributed by atoms with E-state index in [9.17, 15) is 9.59 Å². The second kappa shape index (κ2) is 7.00. The van der Waals surface area contributed by atoms with E-state index in [0.717, 1.165) is 44.2 Å². The highest BCUT2D eigenvalue weighted by atomic mass is 16.7. The zero-order valence-electron chi connectivity index (χ0n) is 16.0. The van der Waals surface area contributed by atoms with Crippen LogP contribution in [0, 0.1) is 5.41 Å². The molecule has 0 bridgehead atoms. The minimum atomic E-state index is -0.213. The van der Waals surface area contributed by atoms with E-state index in [4.69, 9.17) is 9.47 Å². The molecule has 1 aromatic rings. The summed E-state index contributed by atoms with van der Waals surface area (Å²) in [5, 5.41) is 0. The Bertz CT molecular complexity index is 769. The maximum atomic E-state index is 12.3. The van der Waals surface area contributed by atoms with E-state index < -0.39 is 0 Å². The highest BCUT2D eigenvalue weighted by molar-refractivity contribution is 6.22. The number of Topliss-reactive ketones (excluding diaryl/α,β-unsaturated/α-hetero) is 2. The number of carbonyl (C=O) groups excluding carboxylic acids is 2. The topological polar surface area (TPSA) is 59.1 Å². The van der Waals surface area contributed by atoms with Gasteiger partial charge in [0.2, 0.25) is 6.79 Å². The fourth-order valence-electron chi connectivity index (χ4n) is 3.95. The molecule has 0 amide bonds. The SMILES string of the molecule is CC1(C)CC(=O)C(=CN2CCN(Cc3ccc4c(c3)OCO4)CC2)C(=O)C1. The average molecular weight is 370 g/mol. The van der Waals surface area contributed by atoms with Crippen LogP contribution in [0.25, 0.3) is 0 Å². The van der Waals surface area contributed by atoms with Gasteiger partial charge in [-0.25, -0.2) is 0 Å². The number of benzene rings is 1. The van der Waals surface area contributed by atoms with Crippen LogP contribution in [0.5, 0.6) is 11.5 Å². The molecule has 27 heavy (non-hydrogen) atoms. The van der Waals surface area contributed by atoms with Crippen molar-refractivity contribution in [2.75, 3.05) is 33.0 Å². The van der Waals surface area contributed by atoms with Crippen LogP contribution in [0.3, 0.4) is 0 Å². The van der Waals surface area contributed by atoms with Gasteiger partial charge in [0.1, 0.15) is 0 Å². The number of ketones is 2. The maximum absolute atomic E-state index is 12.3. The lowest BCUT2D eigenvalue weighted by molar-refractivity contribution is -0.127. The highest BCUT2D eigenvalue weighted by Gasteiger charge is 2.36. The number of hydrogen-bond donors (Lipinski definition) is 0. The largest absolute Gasteiger partial charge is 0.454 e. The number of fused-ring (bicyclic) bond motifs is 1. The smallest absolute Gasteiger partial charge is 0.231 e. The van der Waals surface area contributed by atoms with Crippen molar-refractivity contribution in [3.63, 3.8) is 0 Å². The van der Waals surface area contributed by atoms with Crippen molar-refractivity contribution in [3.05, 3.63) is 35.5 Å². The first kappa shape index (κ1) is 18.0. The molecule has 2 aliphatic heterocycles. The Morgan fingerprint density at radius 1 is 1.00 bits per heavy atom. The summed E-state index contributed by atoms with van der Waals surface area (Å²) in [4.78, 5) is 29.2. The normalized spacial score (nSPS) is 22.3. The average Bonchev–Trinajstić information content (AvgIpc) is 3.06. The molecule has 6 nitrogen and oxygen atoms in total. The molecule has 1 aromatic carbocycles. The third kappa shape index (κ3) is 4.00. The predicted octanol–water partition coefficient (Wildman–Crippen LogP) is 2.38. The van der Waals surface area contributed by atoms with Crippen molar-refractivity contribution < 1.29 is 19.1 Å². The Morgan fingerprint density at radius 2 is 1.67 bits per heavy atom. The minimum Gasteiger partial charge on any atom is -0.454 e. The van der Waals surface area contributed by atoms with Crippen molar-refractivity contribution in [1.82, 2.24) is 9.80 Å². The van der Waals surface area contributed by atoms with Crippen molar-refractivity contribution in [3.8, 4) is 11.5 Å². The summed E-state index contributed by atoms with van der Waals surface area (Å²) in [6.45, 7) is 8.53. The van der Waals surface area contributed by atoms with E-state index in [2.05, 4.69) is 15.9 Å². The molecular weight excluding hydrogens is 344 g/mol. The zero-order valence-corrected chi connectivity index (χ0v) is 16.0. The molecule has 0 radical (unpaired) electrons. The summed E-state index contributed by atoms with van der Waals surface area (Å²) in [6.07, 6.45) is 2.71. The molecule has 1 saturated carbocycles. The molecule has 1 saturated heterocycles. The van der Waals surface area contributed by atoms with Crippen LogP contribution >= 0.6 is 0 Å². The third-order valence-electron chi connectivity index (χ3n) is 5.44. The molecule has 4 rings (SSSR count). The number of rotatable bonds is 3. The lowest BCUT2D eigenvalue weighted by Crippen LogP contribution is -2.44. The molecule has 0 atom stereocenters. The van der Waals surface area contributed by atoms with E-state index in [1.165, 1.54) is 5.56 Å². The van der Waals surface area contributed by atoms with Gasteiger partial charge in [-0.05, 0) is 23.1 Å². The lowest BCUT2D eigenvalue weighted by Gasteiger charge is -2.35. The fraction of sp³-hybridized carbons (Fsp3) is 0.524. The Balaban J connectivity index is 1.34. The van der Waals surface area contributed by atoms with Crippen LogP contribution in [0.4, 0.5) is 0 Å². The molecule has 6 heteroatoms. The van der Waals surface area contributed by atoms with Crippen molar-refractivity contribution in [2.24, 2.45) is 5.41 Å². The van der Waals surface area contributed by atoms with Crippen molar-refractivity contribution in [1.29, 1.82) is 0 Å². The summed E-state index contributed by atoms with van der Waals surface area (Å²) in [6, 6.07) is 6.07. The Hall–Kier alpha value is -2.34. The van der Waals surface area contributed by atoms with Crippen LogP contribution in [0.1, 0.15) is 32.3 Å². The van der Waals surface area contributed by atoms with Crippen LogP contribution in [0.2, 0.25) is 0 Å². The molecule has 1 aliphatic carbocycles. The van der Waals surface area contributed by atoms with Gasteiger partial charge in [0.25, 0.3) is 0 Å². The highest BCUT2D eigenvalue weighted by Crippen LogP contribution is 2.34. The number of carbonyl (C=O) groups is 2. The van der Waals surface area contributed by atoms with E-state index in [1.807, 2.05) is 26.0 Å². The summed E-state index contributed by atoms with van der Waals surface area (Å²) < 4.78 is 10.8. The fourth-order valence-corrected chi connectivity index (χ4v) is 3.95. The number of hydrogen-bond acceptors (Lipinski definition) is 6. The van der Waals surface area contributed by atoms with Gasteiger partial charge in [-0.3, -0.25) is 14.5 Å². The van der Waals surface area contributed by atoms with Gasteiger partial charge >= 0.3 is 0 Å². The van der Waals surface area contributed by atoms with Gasteiger partial charge in [-0.15, -0.1) is 0 Å². The monoisotopic (exact) mass is 370 g/mol. The third-order valence-corrected chi connectivity index (χ3v) is 5.44. The maximum Gasteiger partial charge on any atom is 0.231 e. The first-order valence-electron chi connectivity index (χ1n) is 9.53. The zero-order chi connectivity index (χ0) is 19.0. The van der Waals surface area contributed by atoms with Gasteiger partial charge < -0.3 is 14.4 Å². The van der Waals surface area contributed by atoms with Gasteiger partial charge in [0.05, 0.1) is 5.57 Å². The Morgan fingerprint density at radius 3 is 2.37 bits per heavy atom. The Labute approximate surface area is 159 Å².